The summed E-state index contributed by atoms with van der Waals surface area (Å²) in [5.74, 6) is 0.177. The molecule has 1 aliphatic rings. The minimum absolute atomic E-state index is 0.111. The monoisotopic (exact) mass is 396 g/mol. The fraction of sp³-hybridized carbons (Fsp3) is 0.286. The third-order valence-electron chi connectivity index (χ3n) is 4.99. The van der Waals surface area contributed by atoms with Gasteiger partial charge in [-0.3, -0.25) is 4.79 Å². The quantitative estimate of drug-likeness (QED) is 0.658. The van der Waals surface area contributed by atoms with Crippen molar-refractivity contribution in [2.45, 2.75) is 12.3 Å². The molecule has 1 atom stereocenters. The number of aromatic nitrogens is 2. The van der Waals surface area contributed by atoms with Gasteiger partial charge in [0.1, 0.15) is 0 Å². The second kappa shape index (κ2) is 7.54. The van der Waals surface area contributed by atoms with Crippen molar-refractivity contribution in [3.8, 4) is 17.2 Å². The molecule has 2 aromatic carbocycles. The zero-order chi connectivity index (χ0) is 20.5. The number of rotatable bonds is 5. The van der Waals surface area contributed by atoms with Crippen LogP contribution in [0.25, 0.3) is 11.5 Å². The summed E-state index contributed by atoms with van der Waals surface area (Å²) in [6.45, 7) is 0.362. The Morgan fingerprint density at radius 1 is 1.24 bits per heavy atom. The average Bonchev–Trinajstić information content (AvgIpc) is 3.35. The predicted molar refractivity (Wildman–Crippen MR) is 107 cm³/mol. The highest BCUT2D eigenvalue weighted by Gasteiger charge is 2.35. The molecule has 7 nitrogen and oxygen atoms in total. The summed E-state index contributed by atoms with van der Waals surface area (Å²) in [4.78, 5) is 20.5. The molecule has 0 saturated carbocycles. The summed E-state index contributed by atoms with van der Waals surface area (Å²) in [6, 6.07) is 12.2. The lowest BCUT2D eigenvalue weighted by molar-refractivity contribution is -0.117. The molecule has 0 radical (unpaired) electrons. The molecule has 4 rings (SSSR count). The van der Waals surface area contributed by atoms with Gasteiger partial charge in [0, 0.05) is 56.0 Å². The first kappa shape index (κ1) is 18.9. The van der Waals surface area contributed by atoms with Gasteiger partial charge < -0.3 is 19.1 Å². The smallest absolute Gasteiger partial charge is 0.258 e. The highest BCUT2D eigenvalue weighted by molar-refractivity contribution is 5.96. The van der Waals surface area contributed by atoms with Crippen molar-refractivity contribution >= 4 is 17.3 Å². The van der Waals surface area contributed by atoms with Crippen molar-refractivity contribution in [3.63, 3.8) is 0 Å². The Morgan fingerprint density at radius 3 is 2.79 bits per heavy atom. The fourth-order valence-electron chi connectivity index (χ4n) is 3.39. The third kappa shape index (κ3) is 3.65. The Balaban J connectivity index is 1.54. The highest BCUT2D eigenvalue weighted by atomic mass is 19.1. The second-order valence-electron chi connectivity index (χ2n) is 7.13. The maximum Gasteiger partial charge on any atom is 0.258 e. The van der Waals surface area contributed by atoms with E-state index in [4.69, 9.17) is 9.26 Å². The Kier molecular flexibility index (Phi) is 4.92. The molecule has 2 heterocycles. The summed E-state index contributed by atoms with van der Waals surface area (Å²) in [7, 11) is 5.31. The highest BCUT2D eigenvalue weighted by Crippen LogP contribution is 2.33. The van der Waals surface area contributed by atoms with Crippen LogP contribution >= 0.6 is 0 Å². The van der Waals surface area contributed by atoms with Crippen LogP contribution in [-0.4, -0.2) is 43.8 Å². The fourth-order valence-corrected chi connectivity index (χ4v) is 3.39. The van der Waals surface area contributed by atoms with E-state index < -0.39 is 5.82 Å². The van der Waals surface area contributed by atoms with Gasteiger partial charge in [0.25, 0.3) is 5.89 Å². The Labute approximate surface area is 167 Å². The lowest BCUT2D eigenvalue weighted by Crippen LogP contribution is -2.24. The summed E-state index contributed by atoms with van der Waals surface area (Å²) in [5.41, 5.74) is 2.32. The van der Waals surface area contributed by atoms with E-state index in [0.29, 0.717) is 23.9 Å². The average molecular weight is 396 g/mol. The third-order valence-corrected chi connectivity index (χ3v) is 4.99. The van der Waals surface area contributed by atoms with Gasteiger partial charge in [0.2, 0.25) is 5.91 Å². The van der Waals surface area contributed by atoms with Crippen molar-refractivity contribution in [1.82, 2.24) is 10.1 Å². The molecule has 1 aromatic heterocycles. The van der Waals surface area contributed by atoms with Crippen LogP contribution in [0.1, 0.15) is 18.2 Å². The predicted octanol–water partition coefficient (Wildman–Crippen LogP) is 3.47. The molecule has 1 amide bonds. The molecule has 0 spiro atoms. The van der Waals surface area contributed by atoms with Crippen LogP contribution in [0.5, 0.6) is 5.75 Å². The topological polar surface area (TPSA) is 71.7 Å². The maximum atomic E-state index is 14.0. The van der Waals surface area contributed by atoms with E-state index in [1.807, 2.05) is 43.3 Å². The molecule has 0 bridgehead atoms. The standard InChI is InChI=1S/C21H21FN4O3/c1-25(2)15-6-4-5-13(9-15)21-23-20(24-29-21)14-10-19(27)26(12-14)16-7-8-18(28-3)17(22)11-16/h4-9,11,14H,10,12H2,1-3H3. The zero-order valence-electron chi connectivity index (χ0n) is 16.4. The first-order valence-electron chi connectivity index (χ1n) is 9.21. The first-order valence-corrected chi connectivity index (χ1v) is 9.21. The van der Waals surface area contributed by atoms with E-state index in [-0.39, 0.29) is 24.0 Å². The number of ether oxygens (including phenoxy) is 1. The number of methoxy groups -OCH3 is 1. The van der Waals surface area contributed by atoms with Crippen LogP contribution in [0.4, 0.5) is 15.8 Å². The Bertz CT molecular complexity index is 1050. The number of benzene rings is 2. The largest absolute Gasteiger partial charge is 0.494 e. The minimum Gasteiger partial charge on any atom is -0.494 e. The number of hydrogen-bond donors (Lipinski definition) is 0. The minimum atomic E-state index is -0.510. The van der Waals surface area contributed by atoms with Gasteiger partial charge in [0.05, 0.1) is 7.11 Å². The van der Waals surface area contributed by atoms with Crippen LogP contribution in [0.2, 0.25) is 0 Å². The number of halogens is 1. The lowest BCUT2D eigenvalue weighted by Gasteiger charge is -2.16. The number of carbonyl (C=O) groups excluding carboxylic acids is 1. The number of amides is 1. The van der Waals surface area contributed by atoms with E-state index in [9.17, 15) is 9.18 Å². The molecule has 0 N–H and O–H groups in total. The first-order chi connectivity index (χ1) is 14.0. The Hall–Kier alpha value is -3.42. The van der Waals surface area contributed by atoms with E-state index in [1.54, 1.807) is 6.07 Å². The van der Waals surface area contributed by atoms with Crippen molar-refractivity contribution in [3.05, 3.63) is 54.1 Å². The van der Waals surface area contributed by atoms with Crippen molar-refractivity contribution < 1.29 is 18.4 Å². The van der Waals surface area contributed by atoms with Gasteiger partial charge in [-0.05, 0) is 30.3 Å². The van der Waals surface area contributed by atoms with E-state index in [2.05, 4.69) is 10.1 Å². The number of hydrogen-bond acceptors (Lipinski definition) is 6. The van der Waals surface area contributed by atoms with Gasteiger partial charge in [0.15, 0.2) is 17.4 Å². The normalized spacial score (nSPS) is 16.3. The van der Waals surface area contributed by atoms with Crippen LogP contribution in [0.15, 0.2) is 47.0 Å². The number of anilines is 2. The van der Waals surface area contributed by atoms with Crippen molar-refractivity contribution in [1.29, 1.82) is 0 Å². The molecule has 1 unspecified atom stereocenters. The van der Waals surface area contributed by atoms with Crippen molar-refractivity contribution in [2.24, 2.45) is 0 Å². The van der Waals surface area contributed by atoms with Crippen LogP contribution in [0, 0.1) is 5.82 Å². The summed E-state index contributed by atoms with van der Waals surface area (Å²) >= 11 is 0. The molecule has 29 heavy (non-hydrogen) atoms. The van der Waals surface area contributed by atoms with Crippen LogP contribution < -0.4 is 14.5 Å². The van der Waals surface area contributed by atoms with E-state index in [0.717, 1.165) is 11.3 Å². The molecule has 0 aliphatic carbocycles. The molecule has 1 saturated heterocycles. The van der Waals surface area contributed by atoms with Gasteiger partial charge in [-0.2, -0.15) is 4.98 Å². The molecular formula is C21H21FN4O3. The maximum absolute atomic E-state index is 14.0. The van der Waals surface area contributed by atoms with Crippen LogP contribution in [0.3, 0.4) is 0 Å². The van der Waals surface area contributed by atoms with E-state index >= 15 is 0 Å². The van der Waals surface area contributed by atoms with Crippen LogP contribution in [-0.2, 0) is 4.79 Å². The van der Waals surface area contributed by atoms with Gasteiger partial charge in [-0.1, -0.05) is 11.2 Å². The van der Waals surface area contributed by atoms with Crippen molar-refractivity contribution in [2.75, 3.05) is 37.5 Å². The zero-order valence-corrected chi connectivity index (χ0v) is 16.4. The second-order valence-corrected chi connectivity index (χ2v) is 7.13. The summed E-state index contributed by atoms with van der Waals surface area (Å²) < 4.78 is 24.4. The van der Waals surface area contributed by atoms with Gasteiger partial charge in [-0.15, -0.1) is 0 Å². The summed E-state index contributed by atoms with van der Waals surface area (Å²) in [6.07, 6.45) is 0.240. The SMILES string of the molecule is COc1ccc(N2CC(c3noc(-c4cccc(N(C)C)c4)n3)CC2=O)cc1F. The lowest BCUT2D eigenvalue weighted by atomic mass is 10.1. The summed E-state index contributed by atoms with van der Waals surface area (Å²) in [5, 5.41) is 4.08. The molecule has 1 aliphatic heterocycles. The van der Waals surface area contributed by atoms with Gasteiger partial charge in [-0.25, -0.2) is 4.39 Å². The molecule has 1 fully saturated rings. The number of nitrogens with zero attached hydrogens (tertiary/aromatic N) is 4. The molecule has 150 valence electrons. The van der Waals surface area contributed by atoms with E-state index in [1.165, 1.54) is 24.1 Å². The molecule has 8 heteroatoms. The number of carbonyl (C=O) groups is 1. The van der Waals surface area contributed by atoms with Gasteiger partial charge >= 0.3 is 0 Å². The Morgan fingerprint density at radius 2 is 2.07 bits per heavy atom. The molecular weight excluding hydrogens is 375 g/mol. The molecule has 3 aromatic rings.